The van der Waals surface area contributed by atoms with Gasteiger partial charge in [-0.05, 0) is 119 Å². The Morgan fingerprint density at radius 3 is 1.23 bits per heavy atom. The van der Waals surface area contributed by atoms with Crippen LogP contribution in [-0.2, 0) is 0 Å². The molecular formula is C43H87N. The van der Waals surface area contributed by atoms with Crippen LogP contribution in [0, 0.1) is 28.1 Å². The second-order valence-corrected chi connectivity index (χ2v) is 16.8. The van der Waals surface area contributed by atoms with Gasteiger partial charge in [-0.15, -0.1) is 0 Å². The zero-order valence-corrected chi connectivity index (χ0v) is 29.3. The summed E-state index contributed by atoms with van der Waals surface area (Å²) in [4.78, 5) is 2.49. The molecule has 2 atom stereocenters. The number of nitrogens with zero attached hydrogens (tertiary/aromatic N) is 1. The Labute approximate surface area is 282 Å². The highest BCUT2D eigenvalue weighted by molar-refractivity contribution is 5.12. The van der Waals surface area contributed by atoms with E-state index in [-0.39, 0.29) is 29.7 Å². The molecule has 0 fully saturated rings. The van der Waals surface area contributed by atoms with Crippen LogP contribution in [0.5, 0.6) is 0 Å². The predicted octanol–water partition coefficient (Wildman–Crippen LogP) is 14.9. The highest BCUT2D eigenvalue weighted by Gasteiger charge is 2.24. The number of hydrogen-bond acceptors (Lipinski definition) is 1. The molecule has 0 bridgehead atoms. The first-order valence-electron chi connectivity index (χ1n) is 16.9. The zero-order chi connectivity index (χ0) is 30.5. The van der Waals surface area contributed by atoms with Gasteiger partial charge < -0.3 is 0 Å². The lowest BCUT2D eigenvalue weighted by molar-refractivity contribution is 0.151. The normalized spacial score (nSPS) is 21.8. The third-order valence-electron chi connectivity index (χ3n) is 8.99. The molecule has 4 rings (SSSR count). The van der Waals surface area contributed by atoms with Crippen molar-refractivity contribution in [3.05, 3.63) is 48.1 Å². The van der Waals surface area contributed by atoms with E-state index in [1.54, 1.807) is 5.57 Å². The van der Waals surface area contributed by atoms with Crippen molar-refractivity contribution >= 4 is 0 Å². The highest BCUT2D eigenvalue weighted by atomic mass is 15.2. The number of allylic oxidation sites excluding steroid dienone is 6. The summed E-state index contributed by atoms with van der Waals surface area (Å²) in [5.41, 5.74) is 3.41. The van der Waals surface area contributed by atoms with Crippen LogP contribution in [-0.4, -0.2) is 23.5 Å². The minimum absolute atomic E-state index is 0. The lowest BCUT2D eigenvalue weighted by Gasteiger charge is -2.36. The average Bonchev–Trinajstić information content (AvgIpc) is 2.90. The first-order valence-corrected chi connectivity index (χ1v) is 16.9. The van der Waals surface area contributed by atoms with Gasteiger partial charge in [-0.2, -0.15) is 0 Å². The van der Waals surface area contributed by atoms with Crippen molar-refractivity contribution in [2.45, 2.75) is 189 Å². The SMILES string of the molecule is C.C.C.C.CC(C)(C)C1=CCCCC1.CC(C)(C)C1C=CCCC1.CC(C)(C)C1C=CCCC1.CC(C)(C)N1CC=CCC1. The molecule has 0 N–H and O–H groups in total. The van der Waals surface area contributed by atoms with Crippen LogP contribution >= 0.6 is 0 Å². The van der Waals surface area contributed by atoms with Gasteiger partial charge in [0.05, 0.1) is 0 Å². The Balaban J connectivity index is -0.000000235. The molecule has 44 heavy (non-hydrogen) atoms. The minimum Gasteiger partial charge on any atom is -0.295 e. The van der Waals surface area contributed by atoms with Crippen LogP contribution in [0.4, 0.5) is 0 Å². The molecule has 1 heteroatoms. The summed E-state index contributed by atoms with van der Waals surface area (Å²) in [6.07, 6.45) is 31.2. The van der Waals surface area contributed by atoms with Crippen molar-refractivity contribution in [1.82, 2.24) is 4.90 Å². The van der Waals surface area contributed by atoms with E-state index in [1.807, 2.05) is 0 Å². The summed E-state index contributed by atoms with van der Waals surface area (Å²) in [5, 5.41) is 0. The van der Waals surface area contributed by atoms with Crippen LogP contribution in [0.3, 0.4) is 0 Å². The summed E-state index contributed by atoms with van der Waals surface area (Å²) in [6.45, 7) is 30.0. The number of rotatable bonds is 0. The Morgan fingerprint density at radius 1 is 0.545 bits per heavy atom. The Bertz CT molecular complexity index is 760. The van der Waals surface area contributed by atoms with E-state index in [0.717, 1.165) is 18.4 Å². The molecule has 0 spiro atoms. The largest absolute Gasteiger partial charge is 0.295 e. The minimum atomic E-state index is 0. The van der Waals surface area contributed by atoms with Gasteiger partial charge in [0.15, 0.2) is 0 Å². The maximum Gasteiger partial charge on any atom is 0.0168 e. The maximum atomic E-state index is 2.49. The molecule has 1 aliphatic heterocycles. The van der Waals surface area contributed by atoms with Gasteiger partial charge in [-0.1, -0.05) is 140 Å². The fourth-order valence-electron chi connectivity index (χ4n) is 5.84. The van der Waals surface area contributed by atoms with E-state index in [4.69, 9.17) is 0 Å². The summed E-state index contributed by atoms with van der Waals surface area (Å²) in [7, 11) is 0. The molecule has 4 aliphatic rings. The van der Waals surface area contributed by atoms with E-state index in [2.05, 4.69) is 131 Å². The second-order valence-electron chi connectivity index (χ2n) is 16.8. The maximum absolute atomic E-state index is 2.49. The van der Waals surface area contributed by atoms with E-state index in [1.165, 1.54) is 77.2 Å². The van der Waals surface area contributed by atoms with Gasteiger partial charge in [0.1, 0.15) is 0 Å². The summed E-state index contributed by atoms with van der Waals surface area (Å²) in [5.74, 6) is 1.64. The van der Waals surface area contributed by atoms with Crippen molar-refractivity contribution in [1.29, 1.82) is 0 Å². The number of hydrogen-bond donors (Lipinski definition) is 0. The van der Waals surface area contributed by atoms with Gasteiger partial charge in [-0.25, -0.2) is 0 Å². The molecule has 1 nitrogen and oxygen atoms in total. The monoisotopic (exact) mass is 618 g/mol. The van der Waals surface area contributed by atoms with Crippen molar-refractivity contribution in [2.75, 3.05) is 13.1 Å². The van der Waals surface area contributed by atoms with Crippen molar-refractivity contribution in [3.8, 4) is 0 Å². The quantitative estimate of drug-likeness (QED) is 0.244. The Kier molecular flexibility index (Phi) is 26.3. The van der Waals surface area contributed by atoms with Crippen LogP contribution in [0.15, 0.2) is 48.1 Å². The lowest BCUT2D eigenvalue weighted by atomic mass is 9.76. The highest BCUT2D eigenvalue weighted by Crippen LogP contribution is 2.35. The molecule has 0 saturated heterocycles. The third kappa shape index (κ3) is 21.6. The standard InChI is InChI=1S/3C10H18.C9H17N.4CH4/c3*1-10(2,3)9-7-5-4-6-8-9;1-9(2,3)10-7-5-4-6-8-10;;;;/h7H,4-6,8H2,1-3H3;2*5,7,9H,4,6,8H2,1-3H3;4-5H,6-8H2,1-3H3;4*1H4. The molecule has 0 amide bonds. The van der Waals surface area contributed by atoms with Gasteiger partial charge >= 0.3 is 0 Å². The van der Waals surface area contributed by atoms with Gasteiger partial charge in [0, 0.05) is 18.6 Å². The third-order valence-corrected chi connectivity index (χ3v) is 8.99. The van der Waals surface area contributed by atoms with Crippen LogP contribution in [0.25, 0.3) is 0 Å². The molecule has 2 unspecified atom stereocenters. The van der Waals surface area contributed by atoms with Crippen LogP contribution in [0.2, 0.25) is 0 Å². The predicted molar refractivity (Wildman–Crippen MR) is 210 cm³/mol. The topological polar surface area (TPSA) is 3.24 Å². The van der Waals surface area contributed by atoms with Gasteiger partial charge in [0.2, 0.25) is 0 Å². The molecule has 0 saturated carbocycles. The van der Waals surface area contributed by atoms with Crippen LogP contribution in [0.1, 0.15) is 183 Å². The molecule has 0 aromatic carbocycles. The smallest absolute Gasteiger partial charge is 0.0168 e. The molecular weight excluding hydrogens is 530 g/mol. The van der Waals surface area contributed by atoms with Crippen molar-refractivity contribution in [3.63, 3.8) is 0 Å². The average molecular weight is 618 g/mol. The molecule has 0 aromatic rings. The van der Waals surface area contributed by atoms with Gasteiger partial charge in [-0.3, -0.25) is 4.90 Å². The van der Waals surface area contributed by atoms with E-state index >= 15 is 0 Å². The first-order chi connectivity index (χ1) is 18.4. The van der Waals surface area contributed by atoms with Crippen molar-refractivity contribution < 1.29 is 0 Å². The first kappa shape index (κ1) is 49.8. The molecule has 1 heterocycles. The molecule has 0 radical (unpaired) electrons. The zero-order valence-electron chi connectivity index (χ0n) is 29.3. The summed E-state index contributed by atoms with van der Waals surface area (Å²) in [6, 6.07) is 0. The van der Waals surface area contributed by atoms with E-state index in [0.29, 0.717) is 21.8 Å². The summed E-state index contributed by atoms with van der Waals surface area (Å²) < 4.78 is 0. The Hall–Kier alpha value is -1.08. The second kappa shape index (κ2) is 23.3. The molecule has 0 aromatic heterocycles. The fraction of sp³-hybridized carbons (Fsp3) is 0.814. The molecule has 264 valence electrons. The van der Waals surface area contributed by atoms with E-state index < -0.39 is 0 Å². The summed E-state index contributed by atoms with van der Waals surface area (Å²) >= 11 is 0. The fourth-order valence-corrected chi connectivity index (χ4v) is 5.84. The van der Waals surface area contributed by atoms with E-state index in [9.17, 15) is 0 Å². The Morgan fingerprint density at radius 2 is 1.02 bits per heavy atom. The van der Waals surface area contributed by atoms with Gasteiger partial charge in [0.25, 0.3) is 0 Å². The lowest BCUT2D eigenvalue weighted by Crippen LogP contribution is -2.43. The van der Waals surface area contributed by atoms with Crippen molar-refractivity contribution in [2.24, 2.45) is 28.1 Å². The molecule has 3 aliphatic carbocycles. The van der Waals surface area contributed by atoms with Crippen LogP contribution < -0.4 is 0 Å².